The van der Waals surface area contributed by atoms with Crippen LogP contribution in [0.15, 0.2) is 70.9 Å². The summed E-state index contributed by atoms with van der Waals surface area (Å²) < 4.78 is 0. The summed E-state index contributed by atoms with van der Waals surface area (Å²) in [6.45, 7) is 13.7. The molecule has 3 aliphatic carbocycles. The molecule has 222 valence electrons. The summed E-state index contributed by atoms with van der Waals surface area (Å²) in [6, 6.07) is 0. The van der Waals surface area contributed by atoms with Crippen LogP contribution in [0, 0.1) is 29.1 Å². The number of aldehydes is 1. The first-order chi connectivity index (χ1) is 19.1. The minimum absolute atomic E-state index is 0.0111. The molecule has 0 radical (unpaired) electrons. The number of likely N-dealkylation sites (N-methyl/N-ethyl adjacent to an activating group) is 1. The number of carbonyl (C=O) groups excluding carboxylic acids is 1. The van der Waals surface area contributed by atoms with Crippen molar-refractivity contribution in [3.63, 3.8) is 0 Å². The predicted molar refractivity (Wildman–Crippen MR) is 161 cm³/mol. The van der Waals surface area contributed by atoms with Gasteiger partial charge in [-0.05, 0) is 88.8 Å². The van der Waals surface area contributed by atoms with Gasteiger partial charge in [0.1, 0.15) is 6.29 Å². The zero-order valence-electron chi connectivity index (χ0n) is 24.9. The van der Waals surface area contributed by atoms with Crippen LogP contribution in [0.5, 0.6) is 0 Å². The van der Waals surface area contributed by atoms with Gasteiger partial charge < -0.3 is 25.7 Å². The van der Waals surface area contributed by atoms with Gasteiger partial charge in [0.05, 0.1) is 18.3 Å². The standard InChI is InChI=1S/C34H51NO5/c1-6-35-20-24(3)11-7-9-23(2)10-8-12-28(22-38)29-15-17-34(32(29)39)31-26(16-18-36)13-14-27(19-33(34,5)40)30(31)25(4)21-37/h8,10-14,21,26-27,29,31-32,35-36,38-40H,2,6-7,9,15-20,22H2,1,3-5H3/b10-8+,24-11+,28-12-,30-25?/t26-,27+,29+,31+,32-,33-,34-/m1/s1. The highest BCUT2D eigenvalue weighted by molar-refractivity contribution is 5.74. The van der Waals surface area contributed by atoms with E-state index in [1.54, 1.807) is 0 Å². The van der Waals surface area contributed by atoms with E-state index in [2.05, 4.69) is 44.0 Å². The Kier molecular flexibility index (Phi) is 11.5. The molecule has 0 aromatic rings. The molecule has 3 rings (SSSR count). The average Bonchev–Trinajstić information content (AvgIpc) is 3.27. The second-order valence-corrected chi connectivity index (χ2v) is 12.3. The Balaban J connectivity index is 1.85. The van der Waals surface area contributed by atoms with Gasteiger partial charge in [0.15, 0.2) is 0 Å². The van der Waals surface area contributed by atoms with Gasteiger partial charge in [-0.3, -0.25) is 4.79 Å². The molecule has 7 atom stereocenters. The van der Waals surface area contributed by atoms with Gasteiger partial charge in [-0.1, -0.05) is 66.7 Å². The first-order valence-electron chi connectivity index (χ1n) is 14.9. The number of allylic oxidation sites excluding steroid dienone is 9. The van der Waals surface area contributed by atoms with E-state index in [0.717, 1.165) is 48.9 Å². The number of fused-ring (bicyclic) bond motifs is 3. The molecule has 40 heavy (non-hydrogen) atoms. The van der Waals surface area contributed by atoms with Gasteiger partial charge >= 0.3 is 0 Å². The minimum atomic E-state index is -1.18. The maximum Gasteiger partial charge on any atom is 0.145 e. The molecule has 0 aromatic carbocycles. The maximum atomic E-state index is 12.0. The zero-order chi connectivity index (χ0) is 29.5. The van der Waals surface area contributed by atoms with Crippen molar-refractivity contribution in [2.24, 2.45) is 29.1 Å². The molecule has 0 unspecified atom stereocenters. The molecular weight excluding hydrogens is 502 g/mol. The normalized spacial score (nSPS) is 35.5. The van der Waals surface area contributed by atoms with Crippen LogP contribution in [0.3, 0.4) is 0 Å². The van der Waals surface area contributed by atoms with Gasteiger partial charge in [0, 0.05) is 30.4 Å². The molecule has 2 bridgehead atoms. The molecule has 2 saturated carbocycles. The number of nitrogens with one attached hydrogen (secondary N) is 1. The van der Waals surface area contributed by atoms with Gasteiger partial charge in [-0.25, -0.2) is 0 Å². The third kappa shape index (κ3) is 6.52. The SMILES string of the molecule is C=C(/C=C/C=C(/CO)[C@@H]1CC[C@]2([C@@H]1O)[C@@H]1C(=C(C)C=O)[C@@H](C=C[C@@H]1CCO)C[C@@]2(C)O)CC/C=C(\C)CNCC. The van der Waals surface area contributed by atoms with Crippen LogP contribution in [0.25, 0.3) is 0 Å². The first-order valence-corrected chi connectivity index (χ1v) is 14.9. The molecule has 3 aliphatic rings. The van der Waals surface area contributed by atoms with Crippen LogP contribution in [0.4, 0.5) is 0 Å². The topological polar surface area (TPSA) is 110 Å². The number of aliphatic hydroxyl groups excluding tert-OH is 3. The summed E-state index contributed by atoms with van der Waals surface area (Å²) in [5, 5.41) is 47.5. The summed E-state index contributed by atoms with van der Waals surface area (Å²) in [4.78, 5) is 12.0. The Hall–Kier alpha value is -2.09. The number of hydrogen-bond acceptors (Lipinski definition) is 6. The lowest BCUT2D eigenvalue weighted by atomic mass is 9.46. The van der Waals surface area contributed by atoms with E-state index >= 15 is 0 Å². The van der Waals surface area contributed by atoms with Crippen molar-refractivity contribution in [2.45, 2.75) is 77.9 Å². The van der Waals surface area contributed by atoms with Crippen LogP contribution in [0.1, 0.15) is 66.2 Å². The van der Waals surface area contributed by atoms with E-state index in [4.69, 9.17) is 0 Å². The monoisotopic (exact) mass is 553 g/mol. The molecule has 0 saturated heterocycles. The number of aliphatic hydroxyl groups is 4. The van der Waals surface area contributed by atoms with Crippen molar-refractivity contribution in [1.82, 2.24) is 5.32 Å². The number of hydrogen-bond donors (Lipinski definition) is 5. The summed E-state index contributed by atoms with van der Waals surface area (Å²) in [5.74, 6) is -0.740. The van der Waals surface area contributed by atoms with E-state index in [0.29, 0.717) is 31.3 Å². The largest absolute Gasteiger partial charge is 0.396 e. The fourth-order valence-corrected chi connectivity index (χ4v) is 7.72. The highest BCUT2D eigenvalue weighted by atomic mass is 16.3. The lowest BCUT2D eigenvalue weighted by Crippen LogP contribution is -2.63. The van der Waals surface area contributed by atoms with Crippen LogP contribution in [-0.4, -0.2) is 64.7 Å². The molecule has 1 spiro atoms. The van der Waals surface area contributed by atoms with Crippen molar-refractivity contribution in [2.75, 3.05) is 26.3 Å². The van der Waals surface area contributed by atoms with Crippen LogP contribution in [0.2, 0.25) is 0 Å². The predicted octanol–water partition coefficient (Wildman–Crippen LogP) is 4.58. The Morgan fingerprint density at radius 3 is 2.65 bits per heavy atom. The summed E-state index contributed by atoms with van der Waals surface area (Å²) >= 11 is 0. The highest BCUT2D eigenvalue weighted by Gasteiger charge is 2.67. The van der Waals surface area contributed by atoms with Gasteiger partial charge in [0.25, 0.3) is 0 Å². The lowest BCUT2D eigenvalue weighted by Gasteiger charge is -2.60. The highest BCUT2D eigenvalue weighted by Crippen LogP contribution is 2.66. The molecule has 0 aromatic heterocycles. The summed E-state index contributed by atoms with van der Waals surface area (Å²) in [7, 11) is 0. The zero-order valence-corrected chi connectivity index (χ0v) is 24.9. The molecule has 0 heterocycles. The van der Waals surface area contributed by atoms with Crippen molar-refractivity contribution in [3.05, 3.63) is 70.9 Å². The minimum Gasteiger partial charge on any atom is -0.396 e. The van der Waals surface area contributed by atoms with E-state index in [-0.39, 0.29) is 36.9 Å². The Morgan fingerprint density at radius 1 is 1.25 bits per heavy atom. The quantitative estimate of drug-likeness (QED) is 0.0989. The van der Waals surface area contributed by atoms with Crippen molar-refractivity contribution in [3.8, 4) is 0 Å². The Bertz CT molecular complexity index is 1060. The average molecular weight is 554 g/mol. The number of rotatable bonds is 13. The van der Waals surface area contributed by atoms with Gasteiger partial charge in [-0.15, -0.1) is 0 Å². The molecule has 5 N–H and O–H groups in total. The fourth-order valence-electron chi connectivity index (χ4n) is 7.72. The van der Waals surface area contributed by atoms with Gasteiger partial charge in [0.2, 0.25) is 0 Å². The van der Waals surface area contributed by atoms with Crippen molar-refractivity contribution < 1.29 is 25.2 Å². The van der Waals surface area contributed by atoms with E-state index in [1.807, 2.05) is 32.1 Å². The van der Waals surface area contributed by atoms with E-state index in [9.17, 15) is 25.2 Å². The second kappa shape index (κ2) is 14.2. The summed E-state index contributed by atoms with van der Waals surface area (Å²) in [5.41, 5.74) is 2.61. The third-order valence-electron chi connectivity index (χ3n) is 9.71. The second-order valence-electron chi connectivity index (χ2n) is 12.3. The molecule has 6 heteroatoms. The summed E-state index contributed by atoms with van der Waals surface area (Å²) in [6.07, 6.45) is 16.0. The van der Waals surface area contributed by atoms with Crippen molar-refractivity contribution in [1.29, 1.82) is 0 Å². The smallest absolute Gasteiger partial charge is 0.145 e. The van der Waals surface area contributed by atoms with Crippen LogP contribution in [-0.2, 0) is 4.79 Å². The Morgan fingerprint density at radius 2 is 2.00 bits per heavy atom. The molecule has 2 fully saturated rings. The van der Waals surface area contributed by atoms with Crippen LogP contribution < -0.4 is 5.32 Å². The molecule has 6 nitrogen and oxygen atoms in total. The van der Waals surface area contributed by atoms with E-state index < -0.39 is 17.1 Å². The Labute approximate surface area is 241 Å². The van der Waals surface area contributed by atoms with Gasteiger partial charge in [-0.2, -0.15) is 0 Å². The third-order valence-corrected chi connectivity index (χ3v) is 9.71. The molecule has 0 aliphatic heterocycles. The fraction of sp³-hybridized carbons (Fsp3) is 0.618. The molecular formula is C34H51NO5. The van der Waals surface area contributed by atoms with Crippen molar-refractivity contribution >= 4 is 6.29 Å². The first kappa shape index (κ1) is 32.4. The number of carbonyl (C=O) groups is 1. The molecule has 0 amide bonds. The van der Waals surface area contributed by atoms with Crippen LogP contribution >= 0.6 is 0 Å². The maximum absolute atomic E-state index is 12.0. The van der Waals surface area contributed by atoms with E-state index in [1.165, 1.54) is 5.57 Å². The lowest BCUT2D eigenvalue weighted by molar-refractivity contribution is -0.181.